The predicted octanol–water partition coefficient (Wildman–Crippen LogP) is 6.12. The average Bonchev–Trinajstić information content (AvgIpc) is 3.49. The number of nitrogens with zero attached hydrogens (tertiary/aromatic N) is 1. The normalized spacial score (nSPS) is 17.9. The second kappa shape index (κ2) is 9.93. The number of rotatable bonds is 6. The number of hydrogen-bond donors (Lipinski definition) is 1. The Bertz CT molecular complexity index is 1320. The zero-order valence-corrected chi connectivity index (χ0v) is 20.9. The van der Waals surface area contributed by atoms with Gasteiger partial charge in [0.15, 0.2) is 0 Å². The molecular formula is C24H22ClF3N2O3S2. The minimum atomic E-state index is -4.41. The number of benzene rings is 2. The van der Waals surface area contributed by atoms with Gasteiger partial charge in [-0.1, -0.05) is 41.9 Å². The van der Waals surface area contributed by atoms with Gasteiger partial charge in [-0.15, -0.1) is 11.3 Å². The summed E-state index contributed by atoms with van der Waals surface area (Å²) in [5.74, 6) is -0.402. The molecule has 1 saturated heterocycles. The SMILES string of the molecule is C[C@H](NC(=O)[C@@H]1CCCN1S(=O)(=O)c1ccc(Cl)s1)c1cccc(-c2ccc(C(F)(F)F)cc2)c1. The van der Waals surface area contributed by atoms with Crippen molar-refractivity contribution < 1.29 is 26.4 Å². The fourth-order valence-electron chi connectivity index (χ4n) is 4.07. The molecule has 0 bridgehead atoms. The van der Waals surface area contributed by atoms with Crippen LogP contribution in [0.5, 0.6) is 0 Å². The largest absolute Gasteiger partial charge is 0.416 e. The number of carbonyl (C=O) groups excluding carboxylic acids is 1. The molecule has 5 nitrogen and oxygen atoms in total. The predicted molar refractivity (Wildman–Crippen MR) is 130 cm³/mol. The summed E-state index contributed by atoms with van der Waals surface area (Å²) in [7, 11) is -3.84. The lowest BCUT2D eigenvalue weighted by atomic mass is 9.99. The number of nitrogens with one attached hydrogen (secondary N) is 1. The number of carbonyl (C=O) groups is 1. The van der Waals surface area contributed by atoms with E-state index in [2.05, 4.69) is 5.32 Å². The lowest BCUT2D eigenvalue weighted by Crippen LogP contribution is -2.46. The molecule has 0 radical (unpaired) electrons. The molecule has 11 heteroatoms. The van der Waals surface area contributed by atoms with Gasteiger partial charge in [0.05, 0.1) is 15.9 Å². The smallest absolute Gasteiger partial charge is 0.348 e. The zero-order valence-electron chi connectivity index (χ0n) is 18.5. The molecule has 0 saturated carbocycles. The van der Waals surface area contributed by atoms with Gasteiger partial charge in [0.25, 0.3) is 10.0 Å². The van der Waals surface area contributed by atoms with Crippen LogP contribution < -0.4 is 5.32 Å². The first-order valence-electron chi connectivity index (χ1n) is 10.8. The molecule has 2 heterocycles. The first-order valence-corrected chi connectivity index (χ1v) is 13.5. The Morgan fingerprint density at radius 3 is 2.46 bits per heavy atom. The second-order valence-electron chi connectivity index (χ2n) is 8.26. The van der Waals surface area contributed by atoms with Crippen LogP contribution in [0.15, 0.2) is 64.9 Å². The molecule has 4 rings (SSSR count). The highest BCUT2D eigenvalue weighted by molar-refractivity contribution is 7.91. The minimum absolute atomic E-state index is 0.0968. The van der Waals surface area contributed by atoms with Crippen LogP contribution in [0.1, 0.15) is 36.9 Å². The summed E-state index contributed by atoms with van der Waals surface area (Å²) < 4.78 is 66.3. The Labute approximate surface area is 210 Å². The summed E-state index contributed by atoms with van der Waals surface area (Å²) in [6.45, 7) is 2.02. The number of halogens is 4. The molecule has 1 aliphatic rings. The molecule has 3 aromatic rings. The standard InChI is InChI=1S/C24H22ClF3N2O3S2/c1-15(17-4-2-5-18(14-17)16-7-9-19(10-8-16)24(26,27)28)29-23(31)20-6-3-13-30(20)35(32,33)22-12-11-21(25)34-22/h2,4-5,7-12,14-15,20H,3,6,13H2,1H3,(H,29,31)/t15-,20-/m0/s1. The molecule has 35 heavy (non-hydrogen) atoms. The summed E-state index contributed by atoms with van der Waals surface area (Å²) in [6.07, 6.45) is -3.44. The molecule has 1 amide bonds. The van der Waals surface area contributed by atoms with Crippen LogP contribution >= 0.6 is 22.9 Å². The van der Waals surface area contributed by atoms with Gasteiger partial charge in [-0.25, -0.2) is 8.42 Å². The van der Waals surface area contributed by atoms with Crippen molar-refractivity contribution in [2.24, 2.45) is 0 Å². The third-order valence-electron chi connectivity index (χ3n) is 5.91. The van der Waals surface area contributed by atoms with Gasteiger partial charge in [0, 0.05) is 6.54 Å². The highest BCUT2D eigenvalue weighted by Crippen LogP contribution is 2.33. The summed E-state index contributed by atoms with van der Waals surface area (Å²) in [6, 6.07) is 13.7. The Hall–Kier alpha value is -2.40. The molecule has 0 spiro atoms. The molecule has 2 atom stereocenters. The first kappa shape index (κ1) is 25.7. The van der Waals surface area contributed by atoms with Gasteiger partial charge in [0.1, 0.15) is 10.3 Å². The van der Waals surface area contributed by atoms with Crippen molar-refractivity contribution in [3.05, 3.63) is 76.1 Å². The van der Waals surface area contributed by atoms with Crippen LogP contribution in [0.25, 0.3) is 11.1 Å². The number of alkyl halides is 3. The van der Waals surface area contributed by atoms with Gasteiger partial charge in [-0.2, -0.15) is 17.5 Å². The van der Waals surface area contributed by atoms with Gasteiger partial charge >= 0.3 is 6.18 Å². The molecule has 1 N–H and O–H groups in total. The Morgan fingerprint density at radius 2 is 1.83 bits per heavy atom. The van der Waals surface area contributed by atoms with Crippen LogP contribution in [-0.4, -0.2) is 31.2 Å². The second-order valence-corrected chi connectivity index (χ2v) is 12.1. The van der Waals surface area contributed by atoms with E-state index < -0.39 is 39.8 Å². The lowest BCUT2D eigenvalue weighted by molar-refractivity contribution is -0.137. The zero-order chi connectivity index (χ0) is 25.4. The van der Waals surface area contributed by atoms with Crippen molar-refractivity contribution in [2.75, 3.05) is 6.54 Å². The maximum Gasteiger partial charge on any atom is 0.416 e. The van der Waals surface area contributed by atoms with E-state index in [9.17, 15) is 26.4 Å². The first-order chi connectivity index (χ1) is 16.5. The van der Waals surface area contributed by atoms with Crippen LogP contribution in [0.4, 0.5) is 13.2 Å². The van der Waals surface area contributed by atoms with Gasteiger partial charge in [-0.05, 0) is 66.8 Å². The molecule has 186 valence electrons. The molecule has 1 aromatic heterocycles. The minimum Gasteiger partial charge on any atom is -0.348 e. The molecule has 0 aliphatic carbocycles. The van der Waals surface area contributed by atoms with E-state index in [1.807, 2.05) is 0 Å². The van der Waals surface area contributed by atoms with Crippen molar-refractivity contribution in [3.8, 4) is 11.1 Å². The molecular weight excluding hydrogens is 521 g/mol. The van der Waals surface area contributed by atoms with E-state index in [4.69, 9.17) is 11.6 Å². The van der Waals surface area contributed by atoms with Crippen LogP contribution in [0, 0.1) is 0 Å². The van der Waals surface area contributed by atoms with Crippen molar-refractivity contribution in [2.45, 2.75) is 42.2 Å². The number of thiophene rings is 1. The Balaban J connectivity index is 1.49. The highest BCUT2D eigenvalue weighted by atomic mass is 35.5. The topological polar surface area (TPSA) is 66.5 Å². The van der Waals surface area contributed by atoms with Gasteiger partial charge in [0.2, 0.25) is 5.91 Å². The van der Waals surface area contributed by atoms with E-state index >= 15 is 0 Å². The summed E-state index contributed by atoms with van der Waals surface area (Å²) in [5, 5.41) is 2.89. The van der Waals surface area contributed by atoms with Crippen LogP contribution in [0.2, 0.25) is 4.34 Å². The van der Waals surface area contributed by atoms with Gasteiger partial charge < -0.3 is 5.32 Å². The summed E-state index contributed by atoms with van der Waals surface area (Å²) >= 11 is 6.85. The van der Waals surface area contributed by atoms with Crippen LogP contribution in [0.3, 0.4) is 0 Å². The lowest BCUT2D eigenvalue weighted by Gasteiger charge is -2.24. The van der Waals surface area contributed by atoms with Crippen molar-refractivity contribution in [1.29, 1.82) is 0 Å². The fraction of sp³-hybridized carbons (Fsp3) is 0.292. The molecule has 0 unspecified atom stereocenters. The fourth-order valence-corrected chi connectivity index (χ4v) is 7.34. The van der Waals surface area contributed by atoms with Gasteiger partial charge in [-0.3, -0.25) is 4.79 Å². The van der Waals surface area contributed by atoms with Crippen molar-refractivity contribution in [1.82, 2.24) is 9.62 Å². The third-order valence-corrected chi connectivity index (χ3v) is 9.52. The highest BCUT2D eigenvalue weighted by Gasteiger charge is 2.40. The molecule has 1 fully saturated rings. The summed E-state index contributed by atoms with van der Waals surface area (Å²) in [4.78, 5) is 13.1. The van der Waals surface area contributed by atoms with Crippen molar-refractivity contribution >= 4 is 38.9 Å². The Kier molecular flexibility index (Phi) is 7.28. The van der Waals surface area contributed by atoms with E-state index in [-0.39, 0.29) is 10.8 Å². The van der Waals surface area contributed by atoms with E-state index in [1.165, 1.54) is 28.6 Å². The van der Waals surface area contributed by atoms with E-state index in [0.717, 1.165) is 29.0 Å². The average molecular weight is 543 g/mol. The summed E-state index contributed by atoms with van der Waals surface area (Å²) in [5.41, 5.74) is 1.34. The third kappa shape index (κ3) is 5.55. The van der Waals surface area contributed by atoms with E-state index in [1.54, 1.807) is 31.2 Å². The number of hydrogen-bond acceptors (Lipinski definition) is 4. The maximum atomic E-state index is 13.1. The monoisotopic (exact) mass is 542 g/mol. The van der Waals surface area contributed by atoms with Crippen LogP contribution in [-0.2, 0) is 21.0 Å². The number of sulfonamides is 1. The number of amides is 1. The molecule has 2 aromatic carbocycles. The maximum absolute atomic E-state index is 13.1. The Morgan fingerprint density at radius 1 is 1.11 bits per heavy atom. The van der Waals surface area contributed by atoms with E-state index in [0.29, 0.717) is 28.3 Å². The van der Waals surface area contributed by atoms with Crippen molar-refractivity contribution in [3.63, 3.8) is 0 Å². The quantitative estimate of drug-likeness (QED) is 0.408. The molecule has 1 aliphatic heterocycles.